The number of nitrogens with zero attached hydrogens (tertiary/aromatic N) is 3. The Labute approximate surface area is 169 Å². The first-order valence-electron chi connectivity index (χ1n) is 8.90. The summed E-state index contributed by atoms with van der Waals surface area (Å²) >= 11 is 0. The maximum atomic E-state index is 12.3. The van der Waals surface area contributed by atoms with Crippen molar-refractivity contribution in [3.8, 4) is 22.8 Å². The Kier molecular flexibility index (Phi) is 6.13. The van der Waals surface area contributed by atoms with E-state index in [2.05, 4.69) is 20.7 Å². The molecule has 3 rings (SSSR count). The lowest BCUT2D eigenvalue weighted by Crippen LogP contribution is -2.18. The number of aromatic nitrogens is 2. The number of hydrazone groups is 1. The highest BCUT2D eigenvalue weighted by Gasteiger charge is 2.13. The summed E-state index contributed by atoms with van der Waals surface area (Å²) in [5.74, 6) is 1.03. The number of carbonyl (C=O) groups excluding carboxylic acids is 1. The van der Waals surface area contributed by atoms with Gasteiger partial charge in [-0.1, -0.05) is 0 Å². The van der Waals surface area contributed by atoms with Crippen molar-refractivity contribution in [1.82, 2.24) is 15.6 Å². The minimum Gasteiger partial charge on any atom is -0.497 e. The first-order valence-corrected chi connectivity index (χ1v) is 8.90. The second kappa shape index (κ2) is 8.92. The molecule has 0 aliphatic rings. The van der Waals surface area contributed by atoms with Crippen molar-refractivity contribution in [1.29, 1.82) is 0 Å². The zero-order chi connectivity index (χ0) is 20.8. The van der Waals surface area contributed by atoms with E-state index in [1.807, 2.05) is 43.3 Å². The fourth-order valence-corrected chi connectivity index (χ4v) is 2.75. The summed E-state index contributed by atoms with van der Waals surface area (Å²) in [6.07, 6.45) is 3.16. The molecule has 8 heteroatoms. The van der Waals surface area contributed by atoms with Crippen LogP contribution in [0.1, 0.15) is 15.9 Å². The number of aromatic amines is 1. The number of H-pyrrole nitrogens is 1. The summed E-state index contributed by atoms with van der Waals surface area (Å²) in [7, 11) is 7.07. The van der Waals surface area contributed by atoms with Gasteiger partial charge in [-0.3, -0.25) is 9.89 Å². The molecule has 0 fully saturated rings. The summed E-state index contributed by atoms with van der Waals surface area (Å²) in [4.78, 5) is 14.3. The van der Waals surface area contributed by atoms with Gasteiger partial charge in [0.25, 0.3) is 5.91 Å². The molecule has 8 nitrogen and oxygen atoms in total. The van der Waals surface area contributed by atoms with Crippen LogP contribution in [0, 0.1) is 0 Å². The summed E-state index contributed by atoms with van der Waals surface area (Å²) < 4.78 is 10.7. The van der Waals surface area contributed by atoms with Gasteiger partial charge in [0.15, 0.2) is 0 Å². The van der Waals surface area contributed by atoms with Crippen LogP contribution in [0.25, 0.3) is 11.3 Å². The summed E-state index contributed by atoms with van der Waals surface area (Å²) in [6.45, 7) is 0. The number of benzene rings is 2. The van der Waals surface area contributed by atoms with Crippen LogP contribution in [-0.4, -0.2) is 50.6 Å². The van der Waals surface area contributed by atoms with E-state index in [1.54, 1.807) is 38.6 Å². The fourth-order valence-electron chi connectivity index (χ4n) is 2.75. The van der Waals surface area contributed by atoms with Gasteiger partial charge in [-0.15, -0.1) is 0 Å². The summed E-state index contributed by atoms with van der Waals surface area (Å²) in [6, 6.07) is 12.8. The molecule has 0 aliphatic carbocycles. The molecular weight excluding hydrogens is 370 g/mol. The molecule has 2 N–H and O–H groups in total. The molecule has 0 spiro atoms. The second-order valence-electron chi connectivity index (χ2n) is 6.41. The molecule has 150 valence electrons. The van der Waals surface area contributed by atoms with E-state index in [0.29, 0.717) is 22.6 Å². The van der Waals surface area contributed by atoms with Gasteiger partial charge < -0.3 is 14.4 Å². The lowest BCUT2D eigenvalue weighted by atomic mass is 10.1. The average molecular weight is 393 g/mol. The Morgan fingerprint density at radius 1 is 1.14 bits per heavy atom. The van der Waals surface area contributed by atoms with Crippen LogP contribution in [0.5, 0.6) is 11.5 Å². The Bertz CT molecular complexity index is 1010. The predicted molar refractivity (Wildman–Crippen MR) is 113 cm³/mol. The minimum atomic E-state index is -0.293. The smallest absolute Gasteiger partial charge is 0.271 e. The maximum Gasteiger partial charge on any atom is 0.271 e. The number of anilines is 1. The first-order chi connectivity index (χ1) is 14.0. The molecule has 0 aliphatic heterocycles. The molecule has 1 aromatic heterocycles. The Hall–Kier alpha value is -3.81. The third kappa shape index (κ3) is 4.55. The van der Waals surface area contributed by atoms with E-state index >= 15 is 0 Å². The van der Waals surface area contributed by atoms with E-state index in [0.717, 1.165) is 16.9 Å². The van der Waals surface area contributed by atoms with E-state index in [1.165, 1.54) is 6.21 Å². The number of methoxy groups -OCH3 is 2. The number of carbonyl (C=O) groups is 1. The molecule has 2 aromatic carbocycles. The van der Waals surface area contributed by atoms with Crippen molar-refractivity contribution in [3.05, 3.63) is 59.8 Å². The van der Waals surface area contributed by atoms with Gasteiger partial charge in [0.05, 0.1) is 32.3 Å². The van der Waals surface area contributed by atoms with E-state index in [4.69, 9.17) is 9.47 Å². The Morgan fingerprint density at radius 2 is 1.90 bits per heavy atom. The van der Waals surface area contributed by atoms with Crippen LogP contribution in [0.2, 0.25) is 0 Å². The molecule has 0 radical (unpaired) electrons. The molecule has 1 heterocycles. The van der Waals surface area contributed by atoms with Crippen LogP contribution in [0.15, 0.2) is 53.8 Å². The van der Waals surface area contributed by atoms with Gasteiger partial charge >= 0.3 is 0 Å². The standard InChI is InChI=1S/C21H23N5O3/c1-26(2)16-7-5-14(6-8-16)21(27)25-23-13-15-12-22-24-20(15)18-10-9-17(28-3)11-19(18)29-4/h5-13H,1-4H3,(H,22,24)(H,25,27). The summed E-state index contributed by atoms with van der Waals surface area (Å²) in [5, 5.41) is 11.1. The molecule has 0 saturated carbocycles. The first kappa shape index (κ1) is 19.9. The molecule has 1 amide bonds. The van der Waals surface area contributed by atoms with Gasteiger partial charge in [0.1, 0.15) is 11.5 Å². The van der Waals surface area contributed by atoms with Gasteiger partial charge in [-0.2, -0.15) is 10.2 Å². The molecule has 29 heavy (non-hydrogen) atoms. The zero-order valence-electron chi connectivity index (χ0n) is 16.8. The second-order valence-corrected chi connectivity index (χ2v) is 6.41. The monoisotopic (exact) mass is 393 g/mol. The minimum absolute atomic E-state index is 0.293. The third-order valence-electron chi connectivity index (χ3n) is 4.36. The van der Waals surface area contributed by atoms with Crippen molar-refractivity contribution in [2.45, 2.75) is 0 Å². The van der Waals surface area contributed by atoms with Crippen molar-refractivity contribution in [2.24, 2.45) is 5.10 Å². The van der Waals surface area contributed by atoms with E-state index in [-0.39, 0.29) is 5.91 Å². The molecule has 0 atom stereocenters. The number of nitrogens with one attached hydrogen (secondary N) is 2. The highest BCUT2D eigenvalue weighted by Crippen LogP contribution is 2.33. The Morgan fingerprint density at radius 3 is 2.55 bits per heavy atom. The van der Waals surface area contributed by atoms with Crippen LogP contribution < -0.4 is 19.8 Å². The van der Waals surface area contributed by atoms with E-state index in [9.17, 15) is 4.79 Å². The van der Waals surface area contributed by atoms with Gasteiger partial charge in [0.2, 0.25) is 0 Å². The van der Waals surface area contributed by atoms with E-state index < -0.39 is 0 Å². The van der Waals surface area contributed by atoms with Crippen LogP contribution >= 0.6 is 0 Å². The molecule has 0 unspecified atom stereocenters. The largest absolute Gasteiger partial charge is 0.497 e. The van der Waals surface area contributed by atoms with Crippen molar-refractivity contribution in [3.63, 3.8) is 0 Å². The SMILES string of the molecule is COc1ccc(-c2[nH]ncc2C=NNC(=O)c2ccc(N(C)C)cc2)c(OC)c1. The Balaban J connectivity index is 1.75. The van der Waals surface area contributed by atoms with Crippen LogP contribution in [0.4, 0.5) is 5.69 Å². The molecular formula is C21H23N5O3. The van der Waals surface area contributed by atoms with Gasteiger partial charge in [-0.05, 0) is 36.4 Å². The number of ether oxygens (including phenoxy) is 2. The molecule has 0 bridgehead atoms. The number of hydrogen-bond acceptors (Lipinski definition) is 6. The van der Waals surface area contributed by atoms with Crippen LogP contribution in [-0.2, 0) is 0 Å². The van der Waals surface area contributed by atoms with Crippen LogP contribution in [0.3, 0.4) is 0 Å². The zero-order valence-corrected chi connectivity index (χ0v) is 16.8. The maximum absolute atomic E-state index is 12.3. The highest BCUT2D eigenvalue weighted by molar-refractivity contribution is 5.96. The average Bonchev–Trinajstić information content (AvgIpc) is 3.21. The predicted octanol–water partition coefficient (Wildman–Crippen LogP) is 2.92. The molecule has 3 aromatic rings. The fraction of sp³-hybridized carbons (Fsp3) is 0.190. The molecule has 0 saturated heterocycles. The van der Waals surface area contributed by atoms with Gasteiger partial charge in [0, 0.05) is 42.5 Å². The number of hydrogen-bond donors (Lipinski definition) is 2. The quantitative estimate of drug-likeness (QED) is 0.476. The van der Waals surface area contributed by atoms with Gasteiger partial charge in [-0.25, -0.2) is 5.43 Å². The van der Waals surface area contributed by atoms with Crippen molar-refractivity contribution in [2.75, 3.05) is 33.2 Å². The lowest BCUT2D eigenvalue weighted by molar-refractivity contribution is 0.0955. The lowest BCUT2D eigenvalue weighted by Gasteiger charge is -2.12. The van der Waals surface area contributed by atoms with Crippen molar-refractivity contribution >= 4 is 17.8 Å². The topological polar surface area (TPSA) is 91.8 Å². The number of amides is 1. The highest BCUT2D eigenvalue weighted by atomic mass is 16.5. The third-order valence-corrected chi connectivity index (χ3v) is 4.36. The normalized spacial score (nSPS) is 10.8. The van der Waals surface area contributed by atoms with Crippen molar-refractivity contribution < 1.29 is 14.3 Å². The number of rotatable bonds is 7. The summed E-state index contributed by atoms with van der Waals surface area (Å²) in [5.41, 5.74) is 6.30.